The summed E-state index contributed by atoms with van der Waals surface area (Å²) in [5, 5.41) is 14.6. The van der Waals surface area contributed by atoms with Gasteiger partial charge in [-0.1, -0.05) is 43.0 Å². The predicted molar refractivity (Wildman–Crippen MR) is 109 cm³/mol. The monoisotopic (exact) mass is 381 g/mol. The number of aromatic nitrogens is 1. The number of carbonyl (C=O) groups is 1. The molecule has 1 unspecified atom stereocenters. The number of pyridine rings is 1. The van der Waals surface area contributed by atoms with Crippen molar-refractivity contribution >= 4 is 44.9 Å². The zero-order valence-electron chi connectivity index (χ0n) is 14.9. The molecule has 2 aromatic heterocycles. The van der Waals surface area contributed by atoms with Crippen molar-refractivity contribution in [2.45, 2.75) is 37.5 Å². The van der Waals surface area contributed by atoms with E-state index < -0.39 is 0 Å². The number of nitrogens with one attached hydrogen (secondary N) is 1. The van der Waals surface area contributed by atoms with Crippen LogP contribution >= 0.6 is 23.1 Å². The Balaban J connectivity index is 1.78. The first kappa shape index (κ1) is 18.4. The molecule has 26 heavy (non-hydrogen) atoms. The molecule has 0 radical (unpaired) electrons. The molecule has 4 nitrogen and oxygen atoms in total. The van der Waals surface area contributed by atoms with Crippen LogP contribution in [0.2, 0.25) is 0 Å². The maximum absolute atomic E-state index is 12.7. The van der Waals surface area contributed by atoms with E-state index in [1.165, 1.54) is 23.1 Å². The Labute approximate surface area is 161 Å². The Morgan fingerprint density at radius 1 is 1.31 bits per heavy atom. The van der Waals surface area contributed by atoms with Gasteiger partial charge in [0.05, 0.1) is 21.4 Å². The van der Waals surface area contributed by atoms with E-state index in [1.54, 1.807) is 0 Å². The van der Waals surface area contributed by atoms with Crippen LogP contribution in [-0.2, 0) is 4.79 Å². The van der Waals surface area contributed by atoms with Gasteiger partial charge in [0.15, 0.2) is 0 Å². The van der Waals surface area contributed by atoms with Crippen LogP contribution in [0.15, 0.2) is 41.4 Å². The van der Waals surface area contributed by atoms with Gasteiger partial charge in [0, 0.05) is 10.3 Å². The summed E-state index contributed by atoms with van der Waals surface area (Å²) in [6.45, 7) is 5.85. The summed E-state index contributed by atoms with van der Waals surface area (Å²) in [6, 6.07) is 14.1. The van der Waals surface area contributed by atoms with E-state index in [1.807, 2.05) is 57.2 Å². The largest absolute Gasteiger partial charge is 0.316 e. The molecule has 3 rings (SSSR count). The molecule has 0 aliphatic carbocycles. The first-order valence-electron chi connectivity index (χ1n) is 8.37. The third-order valence-corrected chi connectivity index (χ3v) is 6.66. The number of amides is 1. The summed E-state index contributed by atoms with van der Waals surface area (Å²) < 4.78 is 0. The normalized spacial score (nSPS) is 11.9. The number of thiophene rings is 1. The zero-order chi connectivity index (χ0) is 18.7. The predicted octanol–water partition coefficient (Wildman–Crippen LogP) is 5.29. The number of hydrogen-bond acceptors (Lipinski definition) is 5. The highest BCUT2D eigenvalue weighted by atomic mass is 32.2. The number of para-hydroxylation sites is 1. The average molecular weight is 382 g/mol. The quantitative estimate of drug-likeness (QED) is 0.610. The minimum atomic E-state index is -0.266. The van der Waals surface area contributed by atoms with Crippen molar-refractivity contribution in [3.05, 3.63) is 52.4 Å². The van der Waals surface area contributed by atoms with Gasteiger partial charge in [0.2, 0.25) is 5.91 Å². The second kappa shape index (κ2) is 7.90. The van der Waals surface area contributed by atoms with Gasteiger partial charge < -0.3 is 5.32 Å². The number of nitriles is 1. The standard InChI is InChI=1S/C20H19N3OS2/c1-4-17(19(24)23-20-15(11-21)12(2)13(3)25-20)26-18-10-9-14-7-5-6-8-16(14)22-18/h5-10,17H,4H2,1-3H3,(H,23,24). The molecule has 0 saturated carbocycles. The summed E-state index contributed by atoms with van der Waals surface area (Å²) in [7, 11) is 0. The van der Waals surface area contributed by atoms with Crippen LogP contribution in [0, 0.1) is 25.2 Å². The Morgan fingerprint density at radius 2 is 2.08 bits per heavy atom. The van der Waals surface area contributed by atoms with Crippen LogP contribution in [0.5, 0.6) is 0 Å². The number of thioether (sulfide) groups is 1. The van der Waals surface area contributed by atoms with Crippen LogP contribution in [0.1, 0.15) is 29.3 Å². The minimum absolute atomic E-state index is 0.0924. The summed E-state index contributed by atoms with van der Waals surface area (Å²) in [6.07, 6.45) is 0.677. The van der Waals surface area contributed by atoms with Gasteiger partial charge in [-0.05, 0) is 38.0 Å². The number of carbonyl (C=O) groups excluding carboxylic acids is 1. The summed E-state index contributed by atoms with van der Waals surface area (Å²) in [5.41, 5.74) is 2.42. The van der Waals surface area contributed by atoms with Crippen molar-refractivity contribution in [3.8, 4) is 6.07 Å². The van der Waals surface area contributed by atoms with E-state index in [4.69, 9.17) is 0 Å². The van der Waals surface area contributed by atoms with E-state index in [2.05, 4.69) is 16.4 Å². The van der Waals surface area contributed by atoms with E-state index >= 15 is 0 Å². The molecule has 0 spiro atoms. The fraction of sp³-hybridized carbons (Fsp3) is 0.250. The van der Waals surface area contributed by atoms with E-state index in [0.29, 0.717) is 17.0 Å². The molecule has 1 aromatic carbocycles. The Hall–Kier alpha value is -2.36. The molecule has 1 amide bonds. The lowest BCUT2D eigenvalue weighted by Gasteiger charge is -2.14. The van der Waals surface area contributed by atoms with Crippen LogP contribution in [0.4, 0.5) is 5.00 Å². The van der Waals surface area contributed by atoms with E-state index in [0.717, 1.165) is 26.4 Å². The van der Waals surface area contributed by atoms with E-state index in [9.17, 15) is 10.1 Å². The zero-order valence-corrected chi connectivity index (χ0v) is 16.5. The van der Waals surface area contributed by atoms with E-state index in [-0.39, 0.29) is 11.2 Å². The highest BCUT2D eigenvalue weighted by molar-refractivity contribution is 8.00. The molecule has 132 valence electrons. The number of nitrogens with zero attached hydrogens (tertiary/aromatic N) is 2. The first-order chi connectivity index (χ1) is 12.5. The fourth-order valence-corrected chi connectivity index (χ4v) is 4.56. The van der Waals surface area contributed by atoms with Gasteiger partial charge in [-0.15, -0.1) is 11.3 Å². The van der Waals surface area contributed by atoms with Gasteiger partial charge in [0.25, 0.3) is 0 Å². The number of aryl methyl sites for hydroxylation is 1. The Bertz CT molecular complexity index is 1000. The number of benzene rings is 1. The highest BCUT2D eigenvalue weighted by Crippen LogP contribution is 2.33. The summed E-state index contributed by atoms with van der Waals surface area (Å²) in [5.74, 6) is -0.0924. The van der Waals surface area contributed by atoms with Crippen molar-refractivity contribution < 1.29 is 4.79 Å². The third-order valence-electron chi connectivity index (χ3n) is 4.23. The maximum Gasteiger partial charge on any atom is 0.238 e. The van der Waals surface area contributed by atoms with Gasteiger partial charge in [-0.3, -0.25) is 4.79 Å². The Morgan fingerprint density at radius 3 is 2.81 bits per heavy atom. The lowest BCUT2D eigenvalue weighted by molar-refractivity contribution is -0.115. The van der Waals surface area contributed by atoms with Crippen LogP contribution < -0.4 is 5.32 Å². The molecule has 0 saturated heterocycles. The molecule has 0 bridgehead atoms. The van der Waals surface area contributed by atoms with Crippen molar-refractivity contribution in [1.29, 1.82) is 5.26 Å². The van der Waals surface area contributed by atoms with Crippen molar-refractivity contribution in [1.82, 2.24) is 4.98 Å². The fourth-order valence-electron chi connectivity index (χ4n) is 2.62. The topological polar surface area (TPSA) is 65.8 Å². The van der Waals surface area contributed by atoms with Gasteiger partial charge in [-0.2, -0.15) is 5.26 Å². The molecule has 1 N–H and O–H groups in total. The number of rotatable bonds is 5. The Kier molecular flexibility index (Phi) is 5.60. The molecule has 0 fully saturated rings. The lowest BCUT2D eigenvalue weighted by Crippen LogP contribution is -2.24. The van der Waals surface area contributed by atoms with Crippen molar-refractivity contribution in [3.63, 3.8) is 0 Å². The average Bonchev–Trinajstić information content (AvgIpc) is 2.92. The van der Waals surface area contributed by atoms with Crippen LogP contribution in [0.3, 0.4) is 0 Å². The second-order valence-electron chi connectivity index (χ2n) is 5.95. The number of anilines is 1. The smallest absolute Gasteiger partial charge is 0.238 e. The molecule has 2 heterocycles. The summed E-state index contributed by atoms with van der Waals surface area (Å²) >= 11 is 2.90. The SMILES string of the molecule is CCC(Sc1ccc2ccccc2n1)C(=O)Nc1sc(C)c(C)c1C#N. The minimum Gasteiger partial charge on any atom is -0.316 e. The van der Waals surface area contributed by atoms with Crippen molar-refractivity contribution in [2.75, 3.05) is 5.32 Å². The molecule has 3 aromatic rings. The van der Waals surface area contributed by atoms with Gasteiger partial charge in [-0.25, -0.2) is 4.98 Å². The van der Waals surface area contributed by atoms with Gasteiger partial charge in [0.1, 0.15) is 11.1 Å². The lowest BCUT2D eigenvalue weighted by atomic mass is 10.2. The molecule has 0 aliphatic rings. The van der Waals surface area contributed by atoms with Crippen LogP contribution in [0.25, 0.3) is 10.9 Å². The maximum atomic E-state index is 12.7. The molecular formula is C20H19N3OS2. The third kappa shape index (κ3) is 3.74. The first-order valence-corrected chi connectivity index (χ1v) is 10.1. The summed E-state index contributed by atoms with van der Waals surface area (Å²) in [4.78, 5) is 18.4. The van der Waals surface area contributed by atoms with Gasteiger partial charge >= 0.3 is 0 Å². The second-order valence-corrected chi connectivity index (χ2v) is 8.39. The molecular weight excluding hydrogens is 362 g/mol. The van der Waals surface area contributed by atoms with Crippen LogP contribution in [-0.4, -0.2) is 16.1 Å². The highest BCUT2D eigenvalue weighted by Gasteiger charge is 2.22. The number of hydrogen-bond donors (Lipinski definition) is 1. The molecule has 0 aliphatic heterocycles. The molecule has 6 heteroatoms. The van der Waals surface area contributed by atoms with Crippen molar-refractivity contribution in [2.24, 2.45) is 0 Å². The number of fused-ring (bicyclic) bond motifs is 1. The molecule has 1 atom stereocenters.